The van der Waals surface area contributed by atoms with Gasteiger partial charge in [-0.25, -0.2) is 4.68 Å². The van der Waals surface area contributed by atoms with Gasteiger partial charge in [0.25, 0.3) is 5.91 Å². The maximum absolute atomic E-state index is 13.8. The fraction of sp³-hybridized carbons (Fsp3) is 0.179. The normalized spacial score (nSPS) is 12.2. The number of para-hydroxylation sites is 1. The second-order valence-electron chi connectivity index (χ2n) is 8.83. The number of carbonyl (C=O) groups excluding carboxylic acids is 1. The minimum Gasteiger partial charge on any atom is -0.481 e. The minimum absolute atomic E-state index is 0.112. The van der Waals surface area contributed by atoms with Crippen molar-refractivity contribution in [2.75, 3.05) is 7.05 Å². The van der Waals surface area contributed by atoms with Crippen molar-refractivity contribution in [1.82, 2.24) is 14.7 Å². The van der Waals surface area contributed by atoms with Crippen molar-refractivity contribution in [1.29, 1.82) is 0 Å². The van der Waals surface area contributed by atoms with Gasteiger partial charge in [-0.05, 0) is 48.9 Å². The molecule has 3 aromatic carbocycles. The summed E-state index contributed by atoms with van der Waals surface area (Å²) in [6.45, 7) is 1.68. The Morgan fingerprint density at radius 3 is 2.23 bits per heavy atom. The number of aromatic nitrogens is 2. The molecule has 0 aliphatic rings. The Morgan fingerprint density at radius 2 is 1.65 bits per heavy atom. The van der Waals surface area contributed by atoms with Crippen molar-refractivity contribution in [3.63, 3.8) is 0 Å². The number of ether oxygens (including phenoxy) is 1. The summed E-state index contributed by atoms with van der Waals surface area (Å²) >= 11 is 12.5. The second kappa shape index (κ2) is 11.6. The van der Waals surface area contributed by atoms with E-state index in [2.05, 4.69) is 9.84 Å². The molecule has 0 aliphatic carbocycles. The summed E-state index contributed by atoms with van der Waals surface area (Å²) in [5.74, 6) is -2.17. The topological polar surface area (TPSA) is 84.7 Å². The van der Waals surface area contributed by atoms with Crippen molar-refractivity contribution >= 4 is 35.1 Å². The molecule has 1 atom stereocenters. The number of amides is 1. The van der Waals surface area contributed by atoms with Crippen LogP contribution in [0.3, 0.4) is 0 Å². The van der Waals surface area contributed by atoms with Crippen LogP contribution < -0.4 is 4.74 Å². The van der Waals surface area contributed by atoms with Crippen molar-refractivity contribution in [3.8, 4) is 22.7 Å². The van der Waals surface area contributed by atoms with E-state index in [0.717, 1.165) is 12.1 Å². The van der Waals surface area contributed by atoms with Crippen molar-refractivity contribution < 1.29 is 32.6 Å². The SMILES string of the molecule is C[C@H](c1ccc(OC(F)(F)F)cc1)N(C)C(=O)c1nn(-c2ccccc2Cl)c(-c2ccc(Cl)cc2)c1CC(=O)O. The van der Waals surface area contributed by atoms with Crippen LogP contribution >= 0.6 is 23.2 Å². The monoisotopic (exact) mass is 591 g/mol. The number of nitrogens with zero attached hydrogens (tertiary/aromatic N) is 3. The van der Waals surface area contributed by atoms with Crippen LogP contribution in [0.5, 0.6) is 5.75 Å². The van der Waals surface area contributed by atoms with Crippen LogP contribution in [0.1, 0.15) is 34.6 Å². The third-order valence-corrected chi connectivity index (χ3v) is 6.78. The van der Waals surface area contributed by atoms with Crippen LogP contribution in [0.25, 0.3) is 16.9 Å². The Hall–Kier alpha value is -4.02. The van der Waals surface area contributed by atoms with Gasteiger partial charge in [-0.2, -0.15) is 5.10 Å². The smallest absolute Gasteiger partial charge is 0.481 e. The first-order valence-electron chi connectivity index (χ1n) is 11.8. The lowest BCUT2D eigenvalue weighted by atomic mass is 10.0. The maximum atomic E-state index is 13.8. The van der Waals surface area contributed by atoms with Gasteiger partial charge in [-0.1, -0.05) is 59.6 Å². The van der Waals surface area contributed by atoms with E-state index in [-0.39, 0.29) is 11.3 Å². The van der Waals surface area contributed by atoms with Crippen LogP contribution in [0.15, 0.2) is 72.8 Å². The highest BCUT2D eigenvalue weighted by Crippen LogP contribution is 2.34. The zero-order chi connectivity index (χ0) is 29.2. The second-order valence-corrected chi connectivity index (χ2v) is 9.67. The van der Waals surface area contributed by atoms with Crippen molar-refractivity contribution in [2.45, 2.75) is 25.7 Å². The van der Waals surface area contributed by atoms with E-state index in [1.54, 1.807) is 55.5 Å². The molecule has 4 rings (SSSR count). The third kappa shape index (κ3) is 6.40. The van der Waals surface area contributed by atoms with Gasteiger partial charge < -0.3 is 14.7 Å². The third-order valence-electron chi connectivity index (χ3n) is 6.21. The molecule has 0 unspecified atom stereocenters. The molecule has 0 aliphatic heterocycles. The number of benzene rings is 3. The highest BCUT2D eigenvalue weighted by atomic mass is 35.5. The Morgan fingerprint density at radius 1 is 1.02 bits per heavy atom. The molecule has 208 valence electrons. The molecule has 0 spiro atoms. The highest BCUT2D eigenvalue weighted by molar-refractivity contribution is 6.32. The van der Waals surface area contributed by atoms with Gasteiger partial charge in [0.15, 0.2) is 5.69 Å². The molecule has 1 N–H and O–H groups in total. The molecule has 1 heterocycles. The van der Waals surface area contributed by atoms with Crippen molar-refractivity contribution in [3.05, 3.63) is 99.7 Å². The molecule has 1 aromatic heterocycles. The molecule has 4 aromatic rings. The van der Waals surface area contributed by atoms with E-state index in [1.807, 2.05) is 0 Å². The van der Waals surface area contributed by atoms with Gasteiger partial charge >= 0.3 is 12.3 Å². The fourth-order valence-corrected chi connectivity index (χ4v) is 4.50. The lowest BCUT2D eigenvalue weighted by Crippen LogP contribution is -2.31. The first-order chi connectivity index (χ1) is 18.9. The number of rotatable bonds is 8. The molecule has 12 heteroatoms. The average Bonchev–Trinajstić information content (AvgIpc) is 3.25. The first-order valence-corrected chi connectivity index (χ1v) is 12.6. The van der Waals surface area contributed by atoms with Crippen LogP contribution in [0, 0.1) is 0 Å². The quantitative estimate of drug-likeness (QED) is 0.234. The van der Waals surface area contributed by atoms with Crippen LogP contribution in [-0.4, -0.2) is 45.1 Å². The van der Waals surface area contributed by atoms with Crippen molar-refractivity contribution in [2.24, 2.45) is 0 Å². The Bertz CT molecular complexity index is 1540. The Kier molecular flexibility index (Phi) is 8.41. The number of halogens is 5. The average molecular weight is 592 g/mol. The van der Waals surface area contributed by atoms with Gasteiger partial charge in [0.2, 0.25) is 0 Å². The number of carbonyl (C=O) groups is 2. The molecule has 0 bridgehead atoms. The van der Waals surface area contributed by atoms with Crippen LogP contribution in [-0.2, 0) is 11.2 Å². The largest absolute Gasteiger partial charge is 0.573 e. The molecular weight excluding hydrogens is 570 g/mol. The van der Waals surface area contributed by atoms with Gasteiger partial charge in [-0.15, -0.1) is 13.2 Å². The van der Waals surface area contributed by atoms with Crippen LogP contribution in [0.4, 0.5) is 13.2 Å². The van der Waals surface area contributed by atoms with Gasteiger partial charge in [0.1, 0.15) is 5.75 Å². The predicted molar refractivity (Wildman–Crippen MR) is 144 cm³/mol. The summed E-state index contributed by atoms with van der Waals surface area (Å²) in [6, 6.07) is 17.9. The zero-order valence-corrected chi connectivity index (χ0v) is 22.6. The molecule has 0 radical (unpaired) electrons. The van der Waals surface area contributed by atoms with E-state index in [4.69, 9.17) is 23.2 Å². The Labute approximate surface area is 237 Å². The first kappa shape index (κ1) is 29.0. The predicted octanol–water partition coefficient (Wildman–Crippen LogP) is 7.21. The summed E-state index contributed by atoms with van der Waals surface area (Å²) in [7, 11) is 1.49. The lowest BCUT2D eigenvalue weighted by Gasteiger charge is -2.25. The van der Waals surface area contributed by atoms with E-state index < -0.39 is 36.5 Å². The summed E-state index contributed by atoms with van der Waals surface area (Å²) < 4.78 is 42.9. The number of alkyl halides is 3. The number of carboxylic acids is 1. The number of carboxylic acid groups (broad SMARTS) is 1. The minimum atomic E-state index is -4.83. The molecule has 1 amide bonds. The standard InChI is InChI=1S/C28H22Cl2F3N3O4/c1-16(17-9-13-20(14-10-17)40-28(31,32)33)35(2)27(39)25-21(15-24(37)38)26(18-7-11-19(29)12-8-18)36(34-25)23-6-4-3-5-22(23)30/h3-14,16H,15H2,1-2H3,(H,37,38)/t16-/m1/s1. The van der Waals surface area contributed by atoms with E-state index in [9.17, 15) is 27.9 Å². The number of hydrogen-bond donors (Lipinski definition) is 1. The highest BCUT2D eigenvalue weighted by Gasteiger charge is 2.32. The molecule has 0 saturated carbocycles. The maximum Gasteiger partial charge on any atom is 0.573 e. The number of hydrogen-bond acceptors (Lipinski definition) is 4. The van der Waals surface area contributed by atoms with Crippen LogP contribution in [0.2, 0.25) is 10.0 Å². The van der Waals surface area contributed by atoms with E-state index >= 15 is 0 Å². The molecule has 0 saturated heterocycles. The summed E-state index contributed by atoms with van der Waals surface area (Å²) in [5, 5.41) is 15.1. The molecule has 0 fully saturated rings. The zero-order valence-electron chi connectivity index (χ0n) is 21.1. The summed E-state index contributed by atoms with van der Waals surface area (Å²) in [6.07, 6.45) is -5.35. The van der Waals surface area contributed by atoms with Gasteiger partial charge in [0.05, 0.1) is 28.9 Å². The van der Waals surface area contributed by atoms with E-state index in [1.165, 1.54) is 28.8 Å². The van der Waals surface area contributed by atoms with E-state index in [0.29, 0.717) is 32.6 Å². The number of aliphatic carboxylic acids is 1. The Balaban J connectivity index is 1.80. The summed E-state index contributed by atoms with van der Waals surface area (Å²) in [4.78, 5) is 27.1. The summed E-state index contributed by atoms with van der Waals surface area (Å²) in [5.41, 5.74) is 1.91. The molecular formula is C28H22Cl2F3N3O4. The fourth-order valence-electron chi connectivity index (χ4n) is 4.16. The molecule has 7 nitrogen and oxygen atoms in total. The molecule has 40 heavy (non-hydrogen) atoms. The van der Waals surface area contributed by atoms with Gasteiger partial charge in [0, 0.05) is 23.2 Å². The van der Waals surface area contributed by atoms with Gasteiger partial charge in [-0.3, -0.25) is 9.59 Å². The lowest BCUT2D eigenvalue weighted by molar-refractivity contribution is -0.274.